The highest BCUT2D eigenvalue weighted by atomic mass is 32.2. The number of amides is 1. The van der Waals surface area contributed by atoms with E-state index in [1.165, 1.54) is 35.6 Å². The number of hydrogen-bond acceptors (Lipinski definition) is 4. The first kappa shape index (κ1) is 19.9. The minimum Gasteiger partial charge on any atom is -0.497 e. The molecule has 26 heavy (non-hydrogen) atoms. The number of methoxy groups -OCH3 is 1. The third-order valence-electron chi connectivity index (χ3n) is 3.72. The highest BCUT2D eigenvalue weighted by molar-refractivity contribution is 7.89. The van der Waals surface area contributed by atoms with Crippen LogP contribution in [0.1, 0.15) is 15.9 Å². The molecule has 0 saturated heterocycles. The van der Waals surface area contributed by atoms with Gasteiger partial charge in [0.05, 0.1) is 12.0 Å². The molecular formula is C18H21FN2O4S. The quantitative estimate of drug-likeness (QED) is 0.762. The van der Waals surface area contributed by atoms with Crippen LogP contribution in [0.15, 0.2) is 53.4 Å². The molecule has 0 aliphatic carbocycles. The van der Waals surface area contributed by atoms with Gasteiger partial charge in [0.1, 0.15) is 12.4 Å². The number of hydrogen-bond donors (Lipinski definition) is 1. The Kier molecular flexibility index (Phi) is 6.70. The smallest absolute Gasteiger partial charge is 0.251 e. The van der Waals surface area contributed by atoms with E-state index in [0.717, 1.165) is 5.56 Å². The fraction of sp³-hybridized carbons (Fsp3) is 0.278. The van der Waals surface area contributed by atoms with E-state index in [1.807, 2.05) is 0 Å². The third kappa shape index (κ3) is 4.80. The molecule has 2 aromatic carbocycles. The first-order chi connectivity index (χ1) is 12.4. The maximum atomic E-state index is 12.8. The number of carbonyl (C=O) groups excluding carboxylic acids is 1. The highest BCUT2D eigenvalue weighted by Gasteiger charge is 2.22. The van der Waals surface area contributed by atoms with Gasteiger partial charge in [-0.05, 0) is 35.9 Å². The average Bonchev–Trinajstić information content (AvgIpc) is 2.66. The van der Waals surface area contributed by atoms with Crippen LogP contribution in [-0.4, -0.2) is 46.0 Å². The molecule has 2 rings (SSSR count). The molecule has 0 fully saturated rings. The molecule has 0 atom stereocenters. The molecule has 0 saturated carbocycles. The Balaban J connectivity index is 2.21. The van der Waals surface area contributed by atoms with Crippen molar-refractivity contribution in [3.8, 4) is 5.75 Å². The summed E-state index contributed by atoms with van der Waals surface area (Å²) in [5, 5.41) is 2.37. The van der Waals surface area contributed by atoms with Crippen LogP contribution in [0.2, 0.25) is 0 Å². The van der Waals surface area contributed by atoms with Gasteiger partial charge in [0, 0.05) is 25.7 Å². The van der Waals surface area contributed by atoms with Gasteiger partial charge in [0.2, 0.25) is 10.0 Å². The van der Waals surface area contributed by atoms with Gasteiger partial charge in [-0.3, -0.25) is 4.79 Å². The SMILES string of the molecule is COc1cccc(CN(C)S(=O)(=O)c2cccc(C(=O)NCCF)c2)c1. The summed E-state index contributed by atoms with van der Waals surface area (Å²) in [6.07, 6.45) is 0. The van der Waals surface area contributed by atoms with Crippen molar-refractivity contribution in [3.05, 3.63) is 59.7 Å². The lowest BCUT2D eigenvalue weighted by atomic mass is 10.2. The molecule has 0 spiro atoms. The van der Waals surface area contributed by atoms with Crippen molar-refractivity contribution in [2.24, 2.45) is 0 Å². The fourth-order valence-corrected chi connectivity index (χ4v) is 3.56. The van der Waals surface area contributed by atoms with E-state index in [9.17, 15) is 17.6 Å². The maximum Gasteiger partial charge on any atom is 0.251 e. The van der Waals surface area contributed by atoms with Crippen molar-refractivity contribution in [2.75, 3.05) is 27.4 Å². The summed E-state index contributed by atoms with van der Waals surface area (Å²) in [4.78, 5) is 11.9. The molecule has 2 aromatic rings. The van der Waals surface area contributed by atoms with Gasteiger partial charge in [-0.2, -0.15) is 4.31 Å². The Labute approximate surface area is 152 Å². The fourth-order valence-electron chi connectivity index (χ4n) is 2.35. The normalized spacial score (nSPS) is 11.4. The Bertz CT molecular complexity index is 871. The molecule has 0 heterocycles. The standard InChI is InChI=1S/C18H21FN2O4S/c1-21(13-14-5-3-7-16(11-14)25-2)26(23,24)17-8-4-6-15(12-17)18(22)20-10-9-19/h3-8,11-12H,9-10,13H2,1-2H3,(H,20,22). The predicted octanol–water partition coefficient (Wildman–Crippen LogP) is 2.22. The van der Waals surface area contributed by atoms with Crippen molar-refractivity contribution in [3.63, 3.8) is 0 Å². The number of carbonyl (C=O) groups is 1. The lowest BCUT2D eigenvalue weighted by molar-refractivity contribution is 0.0950. The summed E-state index contributed by atoms with van der Waals surface area (Å²) >= 11 is 0. The maximum absolute atomic E-state index is 12.8. The summed E-state index contributed by atoms with van der Waals surface area (Å²) in [6, 6.07) is 12.8. The van der Waals surface area contributed by atoms with Crippen molar-refractivity contribution in [1.82, 2.24) is 9.62 Å². The van der Waals surface area contributed by atoms with Gasteiger partial charge in [-0.1, -0.05) is 18.2 Å². The van der Waals surface area contributed by atoms with Crippen LogP contribution in [0.5, 0.6) is 5.75 Å². The average molecular weight is 380 g/mol. The first-order valence-corrected chi connectivity index (χ1v) is 9.36. The van der Waals surface area contributed by atoms with Crippen LogP contribution >= 0.6 is 0 Å². The zero-order valence-corrected chi connectivity index (χ0v) is 15.4. The molecule has 0 aromatic heterocycles. The molecule has 0 radical (unpaired) electrons. The van der Waals surface area contributed by atoms with E-state index in [2.05, 4.69) is 5.32 Å². The van der Waals surface area contributed by atoms with Crippen LogP contribution in [0.3, 0.4) is 0 Å². The zero-order valence-electron chi connectivity index (χ0n) is 14.6. The van der Waals surface area contributed by atoms with Gasteiger partial charge in [0.15, 0.2) is 0 Å². The number of nitrogens with one attached hydrogen (secondary N) is 1. The van der Waals surface area contributed by atoms with Gasteiger partial charge >= 0.3 is 0 Å². The van der Waals surface area contributed by atoms with Gasteiger partial charge < -0.3 is 10.1 Å². The van der Waals surface area contributed by atoms with E-state index < -0.39 is 22.6 Å². The molecule has 8 heteroatoms. The molecular weight excluding hydrogens is 359 g/mol. The second-order valence-electron chi connectivity index (χ2n) is 5.59. The molecule has 0 bridgehead atoms. The minimum absolute atomic E-state index is 0.00389. The number of nitrogens with zero attached hydrogens (tertiary/aromatic N) is 1. The van der Waals surface area contributed by atoms with Gasteiger partial charge in [-0.25, -0.2) is 12.8 Å². The summed E-state index contributed by atoms with van der Waals surface area (Å²) < 4.78 is 44.1. The van der Waals surface area contributed by atoms with E-state index in [0.29, 0.717) is 5.75 Å². The Morgan fingerprint density at radius 1 is 1.19 bits per heavy atom. The molecule has 6 nitrogen and oxygen atoms in total. The molecule has 140 valence electrons. The van der Waals surface area contributed by atoms with Crippen LogP contribution in [0.25, 0.3) is 0 Å². The molecule has 1 N–H and O–H groups in total. The largest absolute Gasteiger partial charge is 0.497 e. The van der Waals surface area contributed by atoms with E-state index in [1.54, 1.807) is 31.4 Å². The number of alkyl halides is 1. The molecule has 1 amide bonds. The van der Waals surface area contributed by atoms with Crippen LogP contribution in [0, 0.1) is 0 Å². The third-order valence-corrected chi connectivity index (χ3v) is 5.52. The summed E-state index contributed by atoms with van der Waals surface area (Å²) in [5.74, 6) is 0.120. The van der Waals surface area contributed by atoms with Gasteiger partial charge in [0.25, 0.3) is 5.91 Å². The second-order valence-corrected chi connectivity index (χ2v) is 7.63. The monoisotopic (exact) mass is 380 g/mol. The number of ether oxygens (including phenoxy) is 1. The number of sulfonamides is 1. The minimum atomic E-state index is -3.79. The molecule has 0 aliphatic rings. The second kappa shape index (κ2) is 8.77. The highest BCUT2D eigenvalue weighted by Crippen LogP contribution is 2.20. The molecule has 0 aliphatic heterocycles. The van der Waals surface area contributed by atoms with Crippen molar-refractivity contribution >= 4 is 15.9 Å². The lowest BCUT2D eigenvalue weighted by Gasteiger charge is -2.18. The number of benzene rings is 2. The van der Waals surface area contributed by atoms with E-state index in [4.69, 9.17) is 4.74 Å². The van der Waals surface area contributed by atoms with Gasteiger partial charge in [-0.15, -0.1) is 0 Å². The van der Waals surface area contributed by atoms with Crippen LogP contribution < -0.4 is 10.1 Å². The zero-order chi connectivity index (χ0) is 19.2. The Morgan fingerprint density at radius 2 is 1.92 bits per heavy atom. The van der Waals surface area contributed by atoms with Crippen molar-refractivity contribution in [2.45, 2.75) is 11.4 Å². The topological polar surface area (TPSA) is 75.7 Å². The van der Waals surface area contributed by atoms with E-state index >= 15 is 0 Å². The summed E-state index contributed by atoms with van der Waals surface area (Å²) in [7, 11) is -0.791. The van der Waals surface area contributed by atoms with Crippen molar-refractivity contribution in [1.29, 1.82) is 0 Å². The lowest BCUT2D eigenvalue weighted by Crippen LogP contribution is -2.28. The van der Waals surface area contributed by atoms with Crippen molar-refractivity contribution < 1.29 is 22.3 Å². The number of halogens is 1. The van der Waals surface area contributed by atoms with E-state index in [-0.39, 0.29) is 23.5 Å². The summed E-state index contributed by atoms with van der Waals surface area (Å²) in [5.41, 5.74) is 0.932. The molecule has 0 unspecified atom stereocenters. The van der Waals surface area contributed by atoms with Crippen LogP contribution in [0.4, 0.5) is 4.39 Å². The Morgan fingerprint density at radius 3 is 2.62 bits per heavy atom. The van der Waals surface area contributed by atoms with Crippen LogP contribution in [-0.2, 0) is 16.6 Å². The Hall–Kier alpha value is -2.45. The summed E-state index contributed by atoms with van der Waals surface area (Å²) in [6.45, 7) is -0.656. The first-order valence-electron chi connectivity index (χ1n) is 7.92. The predicted molar refractivity (Wildman–Crippen MR) is 96.4 cm³/mol. The number of rotatable bonds is 8.